The molecule has 0 radical (unpaired) electrons. The number of rotatable bonds is 6. The Balaban J connectivity index is 1.37. The van der Waals surface area contributed by atoms with Crippen LogP contribution in [0.25, 0.3) is 0 Å². The minimum atomic E-state index is -0.235. The number of fused-ring (bicyclic) bond motifs is 2. The zero-order chi connectivity index (χ0) is 29.4. The van der Waals surface area contributed by atoms with E-state index in [0.717, 1.165) is 34.1 Å². The van der Waals surface area contributed by atoms with E-state index in [1.807, 2.05) is 0 Å². The highest BCUT2D eigenvalue weighted by Gasteiger charge is 2.36. The maximum absolute atomic E-state index is 2.38. The quantitative estimate of drug-likeness (QED) is 0.202. The lowest BCUT2D eigenvalue weighted by molar-refractivity contribution is 0.629. The van der Waals surface area contributed by atoms with E-state index in [9.17, 15) is 0 Å². The minimum Gasteiger partial charge on any atom is -0.344 e. The monoisotopic (exact) mass is 557 g/mol. The van der Waals surface area contributed by atoms with Gasteiger partial charge < -0.3 is 14.7 Å². The Morgan fingerprint density at radius 3 is 1.00 bits per heavy atom. The van der Waals surface area contributed by atoms with E-state index >= 15 is 0 Å². The lowest BCUT2D eigenvalue weighted by Gasteiger charge is -2.42. The first kappa shape index (κ1) is 26.6. The van der Waals surface area contributed by atoms with Gasteiger partial charge in [-0.3, -0.25) is 0 Å². The van der Waals surface area contributed by atoms with Crippen LogP contribution in [0.3, 0.4) is 0 Å². The van der Waals surface area contributed by atoms with Crippen molar-refractivity contribution in [1.82, 2.24) is 0 Å². The van der Waals surface area contributed by atoms with Crippen LogP contribution < -0.4 is 14.7 Å². The topological polar surface area (TPSA) is 9.72 Å². The van der Waals surface area contributed by atoms with Crippen molar-refractivity contribution in [3.05, 3.63) is 169 Å². The van der Waals surface area contributed by atoms with Crippen LogP contribution in [0.5, 0.6) is 0 Å². The van der Waals surface area contributed by atoms with E-state index in [4.69, 9.17) is 0 Å². The molecule has 7 rings (SSSR count). The number of hydrogen-bond acceptors (Lipinski definition) is 3. The first-order valence-corrected chi connectivity index (χ1v) is 14.9. The standard InChI is InChI=1S/C40H35N3/c1-40(2)36-28-34(42(30-16-8-4-9-17-30)31-18-10-5-11-19-31)24-26-38(36)41(3)39-27-25-35(29-37(39)40)43(32-20-12-6-13-21-32)33-22-14-7-15-23-33/h4-29H,1-3H3. The average molecular weight is 558 g/mol. The van der Waals surface area contributed by atoms with E-state index in [1.165, 1.54) is 22.5 Å². The van der Waals surface area contributed by atoms with Gasteiger partial charge in [-0.15, -0.1) is 0 Å². The molecule has 0 aliphatic carbocycles. The zero-order valence-electron chi connectivity index (χ0n) is 24.9. The van der Waals surface area contributed by atoms with E-state index in [0.29, 0.717) is 0 Å². The maximum atomic E-state index is 2.38. The summed E-state index contributed by atoms with van der Waals surface area (Å²) in [6.07, 6.45) is 0. The molecule has 0 N–H and O–H groups in total. The highest BCUT2D eigenvalue weighted by atomic mass is 15.2. The van der Waals surface area contributed by atoms with E-state index in [2.05, 4.69) is 193 Å². The van der Waals surface area contributed by atoms with Crippen molar-refractivity contribution in [3.63, 3.8) is 0 Å². The van der Waals surface area contributed by atoms with Gasteiger partial charge in [0, 0.05) is 58.0 Å². The second-order valence-electron chi connectivity index (χ2n) is 11.6. The Bertz CT molecular complexity index is 1630. The molecule has 0 unspecified atom stereocenters. The van der Waals surface area contributed by atoms with Gasteiger partial charge in [-0.25, -0.2) is 0 Å². The third kappa shape index (κ3) is 4.73. The largest absolute Gasteiger partial charge is 0.344 e. The molecule has 0 aromatic heterocycles. The zero-order valence-corrected chi connectivity index (χ0v) is 24.9. The molecular weight excluding hydrogens is 522 g/mol. The minimum absolute atomic E-state index is 0.235. The Morgan fingerprint density at radius 1 is 0.395 bits per heavy atom. The summed E-state index contributed by atoms with van der Waals surface area (Å²) >= 11 is 0. The second kappa shape index (κ2) is 10.8. The van der Waals surface area contributed by atoms with Crippen LogP contribution in [0.15, 0.2) is 158 Å². The van der Waals surface area contributed by atoms with Gasteiger partial charge in [-0.1, -0.05) is 86.6 Å². The van der Waals surface area contributed by atoms with Crippen molar-refractivity contribution in [2.75, 3.05) is 21.7 Å². The molecule has 1 heterocycles. The summed E-state index contributed by atoms with van der Waals surface area (Å²) in [5.41, 5.74) is 11.7. The molecule has 3 nitrogen and oxygen atoms in total. The van der Waals surface area contributed by atoms with Gasteiger partial charge in [0.15, 0.2) is 0 Å². The molecular formula is C40H35N3. The Hall–Kier alpha value is -5.28. The SMILES string of the molecule is CN1c2ccc(N(c3ccccc3)c3ccccc3)cc2C(C)(C)c2cc(N(c3ccccc3)c3ccccc3)ccc21. The summed E-state index contributed by atoms with van der Waals surface area (Å²) in [6, 6.07) is 56.3. The van der Waals surface area contributed by atoms with Gasteiger partial charge in [0.25, 0.3) is 0 Å². The summed E-state index contributed by atoms with van der Waals surface area (Å²) in [4.78, 5) is 7.03. The molecule has 6 aromatic carbocycles. The van der Waals surface area contributed by atoms with Crippen molar-refractivity contribution in [2.45, 2.75) is 19.3 Å². The van der Waals surface area contributed by atoms with Crippen LogP contribution in [0, 0.1) is 0 Å². The number of benzene rings is 6. The third-order valence-electron chi connectivity index (χ3n) is 8.60. The molecule has 0 atom stereocenters. The van der Waals surface area contributed by atoms with Crippen LogP contribution in [-0.2, 0) is 5.41 Å². The fourth-order valence-electron chi connectivity index (χ4n) is 6.39. The van der Waals surface area contributed by atoms with Gasteiger partial charge >= 0.3 is 0 Å². The van der Waals surface area contributed by atoms with Gasteiger partial charge in [-0.05, 0) is 96.1 Å². The van der Waals surface area contributed by atoms with Crippen LogP contribution >= 0.6 is 0 Å². The van der Waals surface area contributed by atoms with Crippen molar-refractivity contribution < 1.29 is 0 Å². The maximum Gasteiger partial charge on any atom is 0.0466 e. The molecule has 210 valence electrons. The molecule has 0 amide bonds. The molecule has 6 aromatic rings. The lowest BCUT2D eigenvalue weighted by Crippen LogP contribution is -2.31. The van der Waals surface area contributed by atoms with Crippen molar-refractivity contribution in [1.29, 1.82) is 0 Å². The molecule has 0 saturated carbocycles. The Morgan fingerprint density at radius 2 is 0.698 bits per heavy atom. The summed E-state index contributed by atoms with van der Waals surface area (Å²) in [5, 5.41) is 0. The Kier molecular flexibility index (Phi) is 6.71. The average Bonchev–Trinajstić information content (AvgIpc) is 3.06. The third-order valence-corrected chi connectivity index (χ3v) is 8.60. The molecule has 0 saturated heterocycles. The molecule has 1 aliphatic heterocycles. The predicted octanol–water partition coefficient (Wildman–Crippen LogP) is 11.0. The highest BCUT2D eigenvalue weighted by molar-refractivity contribution is 5.86. The van der Waals surface area contributed by atoms with Crippen LogP contribution in [0.4, 0.5) is 45.5 Å². The predicted molar refractivity (Wildman–Crippen MR) is 182 cm³/mol. The van der Waals surface area contributed by atoms with Gasteiger partial charge in [0.05, 0.1) is 0 Å². The van der Waals surface area contributed by atoms with Gasteiger partial charge in [-0.2, -0.15) is 0 Å². The van der Waals surface area contributed by atoms with Crippen LogP contribution in [-0.4, -0.2) is 7.05 Å². The number of hydrogen-bond donors (Lipinski definition) is 0. The second-order valence-corrected chi connectivity index (χ2v) is 11.6. The van der Waals surface area contributed by atoms with Gasteiger partial charge in [0.1, 0.15) is 0 Å². The number of para-hydroxylation sites is 4. The molecule has 0 fully saturated rings. The molecule has 0 bridgehead atoms. The van der Waals surface area contributed by atoms with Crippen molar-refractivity contribution in [2.24, 2.45) is 0 Å². The summed E-state index contributed by atoms with van der Waals surface area (Å²) in [5.74, 6) is 0. The normalized spacial score (nSPS) is 13.1. The Labute approximate surface area is 254 Å². The first-order valence-electron chi connectivity index (χ1n) is 14.9. The molecule has 0 spiro atoms. The van der Waals surface area contributed by atoms with Crippen molar-refractivity contribution in [3.8, 4) is 0 Å². The number of nitrogens with zero attached hydrogens (tertiary/aromatic N) is 3. The van der Waals surface area contributed by atoms with Gasteiger partial charge in [0.2, 0.25) is 0 Å². The lowest BCUT2D eigenvalue weighted by atomic mass is 9.73. The molecule has 43 heavy (non-hydrogen) atoms. The smallest absolute Gasteiger partial charge is 0.0466 e. The molecule has 1 aliphatic rings. The fourth-order valence-corrected chi connectivity index (χ4v) is 6.39. The van der Waals surface area contributed by atoms with E-state index < -0.39 is 0 Å². The molecule has 3 heteroatoms. The fraction of sp³-hybridized carbons (Fsp3) is 0.100. The summed E-state index contributed by atoms with van der Waals surface area (Å²) < 4.78 is 0. The summed E-state index contributed by atoms with van der Waals surface area (Å²) in [6.45, 7) is 4.71. The number of anilines is 8. The van der Waals surface area contributed by atoms with Crippen LogP contribution in [0.2, 0.25) is 0 Å². The van der Waals surface area contributed by atoms with Crippen molar-refractivity contribution >= 4 is 45.5 Å². The van der Waals surface area contributed by atoms with E-state index in [-0.39, 0.29) is 5.41 Å². The first-order chi connectivity index (χ1) is 21.0. The highest BCUT2D eigenvalue weighted by Crippen LogP contribution is 2.51. The van der Waals surface area contributed by atoms with Crippen LogP contribution in [0.1, 0.15) is 25.0 Å². The summed E-state index contributed by atoms with van der Waals surface area (Å²) in [7, 11) is 2.19. The van der Waals surface area contributed by atoms with E-state index in [1.54, 1.807) is 0 Å².